The Hall–Kier alpha value is -2.46. The molecule has 0 aliphatic carbocycles. The summed E-state index contributed by atoms with van der Waals surface area (Å²) in [7, 11) is 0. The molecule has 4 heteroatoms. The van der Waals surface area contributed by atoms with Gasteiger partial charge in [-0.2, -0.15) is 0 Å². The van der Waals surface area contributed by atoms with Crippen molar-refractivity contribution in [2.24, 2.45) is 0 Å². The van der Waals surface area contributed by atoms with Crippen LogP contribution in [0.4, 0.5) is 0 Å². The van der Waals surface area contributed by atoms with E-state index in [1.807, 2.05) is 6.20 Å². The molecule has 3 aromatic rings. The normalized spacial score (nSPS) is 17.9. The third kappa shape index (κ3) is 4.11. The maximum Gasteiger partial charge on any atom is 0.122 e. The summed E-state index contributed by atoms with van der Waals surface area (Å²) in [5, 5.41) is 0. The zero-order valence-corrected chi connectivity index (χ0v) is 16.3. The smallest absolute Gasteiger partial charge is 0.122 e. The Balaban J connectivity index is 1.50. The standard InChI is InChI=1S/C23H28N4/c1-3-27-14-12-24-23(27)17-26-13-6-9-20(16-26)22-11-5-10-21(25-22)19-8-4-7-18(2)15-19/h4-5,7-8,10-12,14-15,20H,3,6,9,13,16-17H2,1-2H3. The molecule has 4 rings (SSSR count). The van der Waals surface area contributed by atoms with E-state index in [4.69, 9.17) is 4.98 Å². The van der Waals surface area contributed by atoms with Crippen LogP contribution in [0.2, 0.25) is 0 Å². The van der Waals surface area contributed by atoms with Gasteiger partial charge in [-0.05, 0) is 51.4 Å². The van der Waals surface area contributed by atoms with Crippen LogP contribution in [0.25, 0.3) is 11.3 Å². The average Bonchev–Trinajstić information content (AvgIpc) is 3.15. The Morgan fingerprint density at radius 3 is 2.89 bits per heavy atom. The Morgan fingerprint density at radius 1 is 1.15 bits per heavy atom. The molecule has 140 valence electrons. The molecular weight excluding hydrogens is 332 g/mol. The second-order valence-electron chi connectivity index (χ2n) is 7.52. The van der Waals surface area contributed by atoms with E-state index in [1.54, 1.807) is 0 Å². The predicted octanol–water partition coefficient (Wildman–Crippen LogP) is 4.65. The maximum absolute atomic E-state index is 5.03. The van der Waals surface area contributed by atoms with Crippen molar-refractivity contribution in [2.45, 2.75) is 45.7 Å². The minimum absolute atomic E-state index is 0.494. The number of rotatable bonds is 5. The first-order valence-corrected chi connectivity index (χ1v) is 9.99. The van der Waals surface area contributed by atoms with Gasteiger partial charge < -0.3 is 4.57 Å². The van der Waals surface area contributed by atoms with Crippen molar-refractivity contribution in [3.63, 3.8) is 0 Å². The van der Waals surface area contributed by atoms with Crippen LogP contribution >= 0.6 is 0 Å². The molecule has 2 aromatic heterocycles. The Labute approximate surface area is 161 Å². The summed E-state index contributed by atoms with van der Waals surface area (Å²) in [6.45, 7) is 8.41. The molecule has 1 aromatic carbocycles. The molecule has 27 heavy (non-hydrogen) atoms. The Morgan fingerprint density at radius 2 is 2.04 bits per heavy atom. The van der Waals surface area contributed by atoms with Gasteiger partial charge >= 0.3 is 0 Å². The highest BCUT2D eigenvalue weighted by Crippen LogP contribution is 2.28. The largest absolute Gasteiger partial charge is 0.334 e. The van der Waals surface area contributed by atoms with Crippen LogP contribution in [0.1, 0.15) is 42.8 Å². The first-order valence-electron chi connectivity index (χ1n) is 9.99. The number of imidazole rings is 1. The fourth-order valence-corrected chi connectivity index (χ4v) is 4.06. The number of aromatic nitrogens is 3. The van der Waals surface area contributed by atoms with E-state index in [9.17, 15) is 0 Å². The van der Waals surface area contributed by atoms with Gasteiger partial charge in [-0.15, -0.1) is 0 Å². The number of benzene rings is 1. The van der Waals surface area contributed by atoms with Gasteiger partial charge in [0.2, 0.25) is 0 Å². The predicted molar refractivity (Wildman–Crippen MR) is 110 cm³/mol. The van der Waals surface area contributed by atoms with Crippen molar-refractivity contribution >= 4 is 0 Å². The molecule has 0 N–H and O–H groups in total. The lowest BCUT2D eigenvalue weighted by Crippen LogP contribution is -2.35. The molecular formula is C23H28N4. The monoisotopic (exact) mass is 360 g/mol. The molecule has 1 fully saturated rings. The first kappa shape index (κ1) is 17.9. The minimum Gasteiger partial charge on any atom is -0.334 e. The average molecular weight is 361 g/mol. The number of hydrogen-bond donors (Lipinski definition) is 0. The molecule has 1 saturated heterocycles. The quantitative estimate of drug-likeness (QED) is 0.664. The molecule has 0 amide bonds. The number of hydrogen-bond acceptors (Lipinski definition) is 3. The summed E-state index contributed by atoms with van der Waals surface area (Å²) in [6.07, 6.45) is 6.41. The highest BCUT2D eigenvalue weighted by Gasteiger charge is 2.23. The van der Waals surface area contributed by atoms with Crippen LogP contribution in [0, 0.1) is 6.92 Å². The van der Waals surface area contributed by atoms with Gasteiger partial charge in [-0.25, -0.2) is 4.98 Å². The minimum atomic E-state index is 0.494. The third-order valence-electron chi connectivity index (χ3n) is 5.52. The molecule has 0 saturated carbocycles. The zero-order valence-electron chi connectivity index (χ0n) is 16.3. The SMILES string of the molecule is CCn1ccnc1CN1CCCC(c2cccc(-c3cccc(C)c3)n2)C1. The van der Waals surface area contributed by atoms with Crippen molar-refractivity contribution in [3.05, 3.63) is 71.9 Å². The summed E-state index contributed by atoms with van der Waals surface area (Å²) in [5.41, 5.74) is 4.77. The molecule has 3 heterocycles. The molecule has 0 bridgehead atoms. The molecule has 0 radical (unpaired) electrons. The molecule has 1 aliphatic heterocycles. The van der Waals surface area contributed by atoms with E-state index in [0.29, 0.717) is 5.92 Å². The van der Waals surface area contributed by atoms with Crippen LogP contribution in [-0.2, 0) is 13.1 Å². The molecule has 0 spiro atoms. The van der Waals surface area contributed by atoms with E-state index in [-0.39, 0.29) is 0 Å². The van der Waals surface area contributed by atoms with E-state index in [1.165, 1.54) is 35.5 Å². The highest BCUT2D eigenvalue weighted by molar-refractivity contribution is 5.60. The fraction of sp³-hybridized carbons (Fsp3) is 0.391. The van der Waals surface area contributed by atoms with Crippen LogP contribution in [0.3, 0.4) is 0 Å². The topological polar surface area (TPSA) is 34.0 Å². The summed E-state index contributed by atoms with van der Waals surface area (Å²) in [4.78, 5) is 12.1. The summed E-state index contributed by atoms with van der Waals surface area (Å²) < 4.78 is 2.24. The lowest BCUT2D eigenvalue weighted by atomic mass is 9.93. The van der Waals surface area contributed by atoms with Crippen molar-refractivity contribution < 1.29 is 0 Å². The highest BCUT2D eigenvalue weighted by atomic mass is 15.2. The van der Waals surface area contributed by atoms with Crippen molar-refractivity contribution in [1.29, 1.82) is 0 Å². The van der Waals surface area contributed by atoms with E-state index < -0.39 is 0 Å². The number of piperidine rings is 1. The lowest BCUT2D eigenvalue weighted by molar-refractivity contribution is 0.192. The number of pyridine rings is 1. The lowest BCUT2D eigenvalue weighted by Gasteiger charge is -2.32. The van der Waals surface area contributed by atoms with Crippen molar-refractivity contribution in [1.82, 2.24) is 19.4 Å². The van der Waals surface area contributed by atoms with Crippen molar-refractivity contribution in [3.8, 4) is 11.3 Å². The van der Waals surface area contributed by atoms with Gasteiger partial charge in [0.05, 0.1) is 12.2 Å². The van der Waals surface area contributed by atoms with Crippen molar-refractivity contribution in [2.75, 3.05) is 13.1 Å². The van der Waals surface area contributed by atoms with Gasteiger partial charge in [-0.3, -0.25) is 9.88 Å². The van der Waals surface area contributed by atoms with Gasteiger partial charge in [0.1, 0.15) is 5.82 Å². The summed E-state index contributed by atoms with van der Waals surface area (Å²) in [5.74, 6) is 1.66. The van der Waals surface area contributed by atoms with Crippen LogP contribution in [0.5, 0.6) is 0 Å². The van der Waals surface area contributed by atoms with E-state index >= 15 is 0 Å². The fourth-order valence-electron chi connectivity index (χ4n) is 4.06. The number of nitrogens with zero attached hydrogens (tertiary/aromatic N) is 4. The van der Waals surface area contributed by atoms with Crippen LogP contribution in [0.15, 0.2) is 54.9 Å². The zero-order chi connectivity index (χ0) is 18.6. The number of likely N-dealkylation sites (tertiary alicyclic amines) is 1. The van der Waals surface area contributed by atoms with Gasteiger partial charge in [0.15, 0.2) is 0 Å². The van der Waals surface area contributed by atoms with E-state index in [2.05, 4.69) is 77.0 Å². The Bertz CT molecular complexity index is 899. The second-order valence-corrected chi connectivity index (χ2v) is 7.52. The van der Waals surface area contributed by atoms with Crippen LogP contribution in [-0.4, -0.2) is 32.5 Å². The Kier molecular flexibility index (Phi) is 5.35. The van der Waals surface area contributed by atoms with Gasteiger partial charge in [0, 0.05) is 42.7 Å². The second kappa shape index (κ2) is 8.05. The summed E-state index contributed by atoms with van der Waals surface area (Å²) >= 11 is 0. The van der Waals surface area contributed by atoms with Gasteiger partial charge in [0.25, 0.3) is 0 Å². The molecule has 4 nitrogen and oxygen atoms in total. The number of aryl methyl sites for hydroxylation is 2. The third-order valence-corrected chi connectivity index (χ3v) is 5.52. The first-order chi connectivity index (χ1) is 13.2. The molecule has 1 atom stereocenters. The van der Waals surface area contributed by atoms with Crippen LogP contribution < -0.4 is 0 Å². The maximum atomic E-state index is 5.03. The molecule has 1 unspecified atom stereocenters. The van der Waals surface area contributed by atoms with Gasteiger partial charge in [-0.1, -0.05) is 29.8 Å². The van der Waals surface area contributed by atoms with E-state index in [0.717, 1.165) is 31.9 Å². The molecule has 1 aliphatic rings. The summed E-state index contributed by atoms with van der Waals surface area (Å²) in [6, 6.07) is 15.1.